The van der Waals surface area contributed by atoms with Crippen LogP contribution in [0, 0.1) is 10.1 Å². The summed E-state index contributed by atoms with van der Waals surface area (Å²) in [6.45, 7) is 0.543. The third-order valence-electron chi connectivity index (χ3n) is 2.69. The molecule has 0 heterocycles. The van der Waals surface area contributed by atoms with Gasteiger partial charge >= 0.3 is 5.97 Å². The quantitative estimate of drug-likeness (QED) is 0.534. The van der Waals surface area contributed by atoms with E-state index in [0.29, 0.717) is 13.2 Å². The van der Waals surface area contributed by atoms with Crippen LogP contribution in [-0.4, -0.2) is 54.5 Å². The molecule has 1 rings (SSSR count). The molecular weight excluding hydrogens is 268 g/mol. The van der Waals surface area contributed by atoms with Crippen LogP contribution in [-0.2, 0) is 4.74 Å². The summed E-state index contributed by atoms with van der Waals surface area (Å²) >= 11 is 0. The van der Waals surface area contributed by atoms with E-state index in [1.54, 1.807) is 0 Å². The van der Waals surface area contributed by atoms with E-state index < -0.39 is 10.9 Å². The highest BCUT2D eigenvalue weighted by atomic mass is 16.6. The molecule has 0 saturated heterocycles. The maximum Gasteiger partial charge on any atom is 0.335 e. The van der Waals surface area contributed by atoms with Gasteiger partial charge in [-0.2, -0.15) is 0 Å². The van der Waals surface area contributed by atoms with Gasteiger partial charge in [0.15, 0.2) is 0 Å². The summed E-state index contributed by atoms with van der Waals surface area (Å²) in [6, 6.07) is 3.55. The summed E-state index contributed by atoms with van der Waals surface area (Å²) in [6.07, 6.45) is 0. The number of carboxylic acids is 1. The number of benzene rings is 1. The number of hydrogen-bond donors (Lipinski definition) is 2. The predicted molar refractivity (Wildman–Crippen MR) is 71.2 cm³/mol. The lowest BCUT2D eigenvalue weighted by atomic mass is 10.1. The molecule has 20 heavy (non-hydrogen) atoms. The molecule has 0 unspecified atom stereocenters. The number of hydrogen-bond acceptors (Lipinski definition) is 6. The van der Waals surface area contributed by atoms with E-state index in [-0.39, 0.29) is 30.1 Å². The molecule has 0 bridgehead atoms. The van der Waals surface area contributed by atoms with Gasteiger partial charge in [0, 0.05) is 26.3 Å². The molecule has 1 aromatic carbocycles. The van der Waals surface area contributed by atoms with Crippen LogP contribution in [0.4, 0.5) is 11.4 Å². The Morgan fingerprint density at radius 1 is 1.45 bits per heavy atom. The summed E-state index contributed by atoms with van der Waals surface area (Å²) in [5.74, 6) is -1.17. The second-order valence-corrected chi connectivity index (χ2v) is 3.97. The number of carboxylic acid groups (broad SMARTS) is 1. The topological polar surface area (TPSA) is 113 Å². The number of methoxy groups -OCH3 is 1. The molecule has 0 atom stereocenters. The van der Waals surface area contributed by atoms with Crippen LogP contribution in [0.5, 0.6) is 0 Å². The van der Waals surface area contributed by atoms with Crippen LogP contribution in [0.25, 0.3) is 0 Å². The van der Waals surface area contributed by atoms with Crippen molar-refractivity contribution in [3.8, 4) is 0 Å². The fourth-order valence-corrected chi connectivity index (χ4v) is 1.74. The molecule has 0 aliphatic carbocycles. The van der Waals surface area contributed by atoms with Gasteiger partial charge in [-0.25, -0.2) is 4.79 Å². The standard InChI is InChI=1S/C12H16N2O6/c1-20-7-5-13(4-6-15)11-8-9(12(16)17)2-3-10(11)14(18)19/h2-3,8,15H,4-7H2,1H3,(H,16,17). The molecule has 0 aliphatic heterocycles. The van der Waals surface area contributed by atoms with E-state index in [9.17, 15) is 14.9 Å². The molecule has 8 heteroatoms. The van der Waals surface area contributed by atoms with Crippen molar-refractivity contribution in [2.45, 2.75) is 0 Å². The fraction of sp³-hybridized carbons (Fsp3) is 0.417. The van der Waals surface area contributed by atoms with Crippen LogP contribution in [0.1, 0.15) is 10.4 Å². The maximum absolute atomic E-state index is 11.0. The number of aliphatic hydroxyl groups is 1. The van der Waals surface area contributed by atoms with Crippen molar-refractivity contribution in [2.75, 3.05) is 38.3 Å². The Morgan fingerprint density at radius 2 is 2.15 bits per heavy atom. The summed E-state index contributed by atoms with van der Waals surface area (Å²) in [5, 5.41) is 29.0. The van der Waals surface area contributed by atoms with E-state index in [2.05, 4.69) is 0 Å². The Balaban J connectivity index is 3.22. The van der Waals surface area contributed by atoms with Crippen LogP contribution in [0.15, 0.2) is 18.2 Å². The second-order valence-electron chi connectivity index (χ2n) is 3.97. The Kier molecular flexibility index (Phi) is 5.88. The van der Waals surface area contributed by atoms with Crippen molar-refractivity contribution >= 4 is 17.3 Å². The predicted octanol–water partition coefficient (Wildman–Crippen LogP) is 0.738. The first-order valence-electron chi connectivity index (χ1n) is 5.87. The van der Waals surface area contributed by atoms with Gasteiger partial charge in [-0.3, -0.25) is 10.1 Å². The lowest BCUT2D eigenvalue weighted by Gasteiger charge is -2.23. The first-order valence-corrected chi connectivity index (χ1v) is 5.87. The zero-order valence-corrected chi connectivity index (χ0v) is 11.0. The van der Waals surface area contributed by atoms with Crippen molar-refractivity contribution < 1.29 is 24.7 Å². The Hall–Kier alpha value is -2.19. The zero-order chi connectivity index (χ0) is 15.1. The second kappa shape index (κ2) is 7.41. The number of nitro benzene ring substituents is 1. The van der Waals surface area contributed by atoms with Gasteiger partial charge in [0.1, 0.15) is 5.69 Å². The number of anilines is 1. The van der Waals surface area contributed by atoms with E-state index in [1.165, 1.54) is 24.1 Å². The minimum Gasteiger partial charge on any atom is -0.478 e. The van der Waals surface area contributed by atoms with Gasteiger partial charge in [0.05, 0.1) is 23.7 Å². The Bertz CT molecular complexity index is 491. The highest BCUT2D eigenvalue weighted by molar-refractivity contribution is 5.90. The summed E-state index contributed by atoms with van der Waals surface area (Å²) < 4.78 is 4.91. The van der Waals surface area contributed by atoms with Gasteiger partial charge in [0.2, 0.25) is 0 Å². The van der Waals surface area contributed by atoms with Gasteiger partial charge in [-0.1, -0.05) is 0 Å². The van der Waals surface area contributed by atoms with Gasteiger partial charge < -0.3 is 19.8 Å². The maximum atomic E-state index is 11.0. The SMILES string of the molecule is COCCN(CCO)c1cc(C(=O)O)ccc1[N+](=O)[O-]. The lowest BCUT2D eigenvalue weighted by molar-refractivity contribution is -0.384. The van der Waals surface area contributed by atoms with Crippen LogP contribution >= 0.6 is 0 Å². The van der Waals surface area contributed by atoms with Crippen molar-refractivity contribution in [2.24, 2.45) is 0 Å². The zero-order valence-electron chi connectivity index (χ0n) is 11.0. The number of rotatable bonds is 8. The largest absolute Gasteiger partial charge is 0.478 e. The first-order chi connectivity index (χ1) is 9.51. The smallest absolute Gasteiger partial charge is 0.335 e. The summed E-state index contributed by atoms with van der Waals surface area (Å²) in [7, 11) is 1.49. The number of nitro groups is 1. The molecule has 110 valence electrons. The Morgan fingerprint density at radius 3 is 2.65 bits per heavy atom. The lowest BCUT2D eigenvalue weighted by Crippen LogP contribution is -2.31. The molecule has 0 spiro atoms. The molecule has 0 radical (unpaired) electrons. The van der Waals surface area contributed by atoms with Crippen LogP contribution < -0.4 is 4.90 Å². The van der Waals surface area contributed by atoms with Crippen molar-refractivity contribution in [3.63, 3.8) is 0 Å². The van der Waals surface area contributed by atoms with Crippen molar-refractivity contribution in [1.82, 2.24) is 0 Å². The van der Waals surface area contributed by atoms with Crippen LogP contribution in [0.2, 0.25) is 0 Å². The highest BCUT2D eigenvalue weighted by Gasteiger charge is 2.21. The monoisotopic (exact) mass is 284 g/mol. The highest BCUT2D eigenvalue weighted by Crippen LogP contribution is 2.29. The van der Waals surface area contributed by atoms with Crippen LogP contribution in [0.3, 0.4) is 0 Å². The molecule has 0 aliphatic rings. The normalized spacial score (nSPS) is 10.3. The molecule has 1 aromatic rings. The molecule has 0 amide bonds. The van der Waals surface area contributed by atoms with Crippen molar-refractivity contribution in [3.05, 3.63) is 33.9 Å². The van der Waals surface area contributed by atoms with E-state index in [1.807, 2.05) is 0 Å². The molecule has 8 nitrogen and oxygen atoms in total. The third kappa shape index (κ3) is 3.90. The molecule has 0 saturated carbocycles. The Labute approximate surface area is 115 Å². The van der Waals surface area contributed by atoms with Crippen molar-refractivity contribution in [1.29, 1.82) is 0 Å². The average Bonchev–Trinajstić information content (AvgIpc) is 2.42. The minimum absolute atomic E-state index is 0.0500. The number of aromatic carboxylic acids is 1. The number of nitrogens with zero attached hydrogens (tertiary/aromatic N) is 2. The summed E-state index contributed by atoms with van der Waals surface area (Å²) in [4.78, 5) is 22.9. The van der Waals surface area contributed by atoms with Gasteiger partial charge in [-0.15, -0.1) is 0 Å². The van der Waals surface area contributed by atoms with E-state index in [4.69, 9.17) is 14.9 Å². The summed E-state index contributed by atoms with van der Waals surface area (Å²) in [5.41, 5.74) is -0.105. The molecule has 0 aromatic heterocycles. The fourth-order valence-electron chi connectivity index (χ4n) is 1.74. The van der Waals surface area contributed by atoms with E-state index >= 15 is 0 Å². The molecular formula is C12H16N2O6. The number of carbonyl (C=O) groups is 1. The van der Waals surface area contributed by atoms with E-state index in [0.717, 1.165) is 6.07 Å². The molecule has 0 fully saturated rings. The first kappa shape index (κ1) is 15.9. The number of ether oxygens (including phenoxy) is 1. The average molecular weight is 284 g/mol. The minimum atomic E-state index is -1.17. The number of aliphatic hydroxyl groups excluding tert-OH is 1. The third-order valence-corrected chi connectivity index (χ3v) is 2.69. The van der Waals surface area contributed by atoms with Gasteiger partial charge in [-0.05, 0) is 12.1 Å². The van der Waals surface area contributed by atoms with Gasteiger partial charge in [0.25, 0.3) is 5.69 Å². The molecule has 2 N–H and O–H groups in total.